The van der Waals surface area contributed by atoms with Crippen LogP contribution in [-0.2, 0) is 13.0 Å². The minimum absolute atomic E-state index is 0.0921. The molecule has 0 amide bonds. The van der Waals surface area contributed by atoms with Crippen LogP contribution in [0.3, 0.4) is 0 Å². The summed E-state index contributed by atoms with van der Waals surface area (Å²) in [5.41, 5.74) is 3.14. The van der Waals surface area contributed by atoms with Crippen molar-refractivity contribution in [2.24, 2.45) is 0 Å². The Hall–Kier alpha value is -1.55. The fourth-order valence-electron chi connectivity index (χ4n) is 2.41. The molecule has 0 saturated carbocycles. The number of carbonyl (C=O) groups is 1. The average molecular weight is 320 g/mol. The number of nitrogens with zero attached hydrogens (tertiary/aromatic N) is 1. The predicted octanol–water partition coefficient (Wildman–Crippen LogP) is 3.44. The molecule has 0 fully saturated rings. The van der Waals surface area contributed by atoms with Crippen LogP contribution in [-0.4, -0.2) is 17.0 Å². The van der Waals surface area contributed by atoms with Crippen LogP contribution in [0.2, 0.25) is 0 Å². The zero-order valence-corrected chi connectivity index (χ0v) is 12.2. The summed E-state index contributed by atoms with van der Waals surface area (Å²) in [4.78, 5) is 11.3. The molecule has 1 aliphatic rings. The number of halogens is 1. The van der Waals surface area contributed by atoms with Crippen molar-refractivity contribution in [1.82, 2.24) is 4.57 Å². The van der Waals surface area contributed by atoms with Gasteiger partial charge in [-0.05, 0) is 30.7 Å². The molecule has 0 atom stereocenters. The second kappa shape index (κ2) is 4.85. The summed E-state index contributed by atoms with van der Waals surface area (Å²) in [6.07, 6.45) is 4.77. The lowest BCUT2D eigenvalue weighted by molar-refractivity contribution is 0.101. The molecule has 1 aromatic carbocycles. The zero-order chi connectivity index (χ0) is 13.4. The summed E-state index contributed by atoms with van der Waals surface area (Å²) >= 11 is 3.54. The van der Waals surface area contributed by atoms with Crippen LogP contribution >= 0.6 is 15.9 Å². The number of fused-ring (bicyclic) bond motifs is 1. The highest BCUT2D eigenvalue weighted by molar-refractivity contribution is 9.10. The van der Waals surface area contributed by atoms with E-state index in [2.05, 4.69) is 28.1 Å². The fourth-order valence-corrected chi connectivity index (χ4v) is 2.96. The minimum Gasteiger partial charge on any atom is -0.493 e. The van der Waals surface area contributed by atoms with Crippen molar-refractivity contribution in [2.75, 3.05) is 6.61 Å². The Morgan fingerprint density at radius 2 is 2.32 bits per heavy atom. The van der Waals surface area contributed by atoms with Crippen molar-refractivity contribution < 1.29 is 9.53 Å². The first-order valence-corrected chi connectivity index (χ1v) is 7.03. The second-order valence-corrected chi connectivity index (χ2v) is 5.70. The van der Waals surface area contributed by atoms with Gasteiger partial charge in [0.15, 0.2) is 5.78 Å². The number of rotatable bonds is 3. The molecule has 3 rings (SSSR count). The van der Waals surface area contributed by atoms with Crippen molar-refractivity contribution in [3.05, 3.63) is 51.8 Å². The van der Waals surface area contributed by atoms with Gasteiger partial charge in [-0.15, -0.1) is 0 Å². The van der Waals surface area contributed by atoms with Gasteiger partial charge in [0, 0.05) is 34.4 Å². The predicted molar refractivity (Wildman–Crippen MR) is 76.9 cm³/mol. The van der Waals surface area contributed by atoms with Crippen molar-refractivity contribution in [2.45, 2.75) is 19.9 Å². The van der Waals surface area contributed by atoms with Crippen LogP contribution in [0.5, 0.6) is 5.75 Å². The normalized spacial score (nSPS) is 13.2. The van der Waals surface area contributed by atoms with Gasteiger partial charge in [0.1, 0.15) is 5.75 Å². The maximum absolute atomic E-state index is 11.3. The molecule has 98 valence electrons. The quantitative estimate of drug-likeness (QED) is 0.811. The first-order chi connectivity index (χ1) is 9.13. The number of carbonyl (C=O) groups excluding carboxylic acids is 1. The summed E-state index contributed by atoms with van der Waals surface area (Å²) in [6.45, 7) is 3.05. The number of hydrogen-bond donors (Lipinski definition) is 0. The van der Waals surface area contributed by atoms with Gasteiger partial charge in [0.25, 0.3) is 0 Å². The van der Waals surface area contributed by atoms with Gasteiger partial charge in [-0.2, -0.15) is 0 Å². The van der Waals surface area contributed by atoms with Gasteiger partial charge >= 0.3 is 0 Å². The number of hydrogen-bond acceptors (Lipinski definition) is 2. The van der Waals surface area contributed by atoms with E-state index in [1.54, 1.807) is 6.92 Å². The summed E-state index contributed by atoms with van der Waals surface area (Å²) in [6, 6.07) is 6.04. The Bertz CT molecular complexity index is 646. The van der Waals surface area contributed by atoms with E-state index >= 15 is 0 Å². The van der Waals surface area contributed by atoms with E-state index in [1.165, 1.54) is 5.56 Å². The number of benzene rings is 1. The van der Waals surface area contributed by atoms with Gasteiger partial charge in [0.05, 0.1) is 13.2 Å². The summed E-state index contributed by atoms with van der Waals surface area (Å²) < 4.78 is 8.80. The molecule has 2 aromatic rings. The monoisotopic (exact) mass is 319 g/mol. The van der Waals surface area contributed by atoms with Crippen LogP contribution in [0, 0.1) is 0 Å². The third kappa shape index (κ3) is 2.45. The molecule has 0 spiro atoms. The first-order valence-electron chi connectivity index (χ1n) is 6.24. The molecule has 2 heterocycles. The van der Waals surface area contributed by atoms with Gasteiger partial charge in [-0.25, -0.2) is 0 Å². The third-order valence-electron chi connectivity index (χ3n) is 3.34. The summed E-state index contributed by atoms with van der Waals surface area (Å²) in [5.74, 6) is 1.09. The molecule has 19 heavy (non-hydrogen) atoms. The first kappa shape index (κ1) is 12.5. The standard InChI is InChI=1S/C15H14BrNO2/c1-10(18)12-2-4-17(8-12)9-13-7-14(16)6-11-3-5-19-15(11)13/h2,4,6-8H,3,5,9H2,1H3. The third-order valence-corrected chi connectivity index (χ3v) is 3.79. The molecule has 0 saturated heterocycles. The Balaban J connectivity index is 1.92. The fraction of sp³-hybridized carbons (Fsp3) is 0.267. The van der Waals surface area contributed by atoms with E-state index in [1.807, 2.05) is 23.0 Å². The van der Waals surface area contributed by atoms with Crippen LogP contribution in [0.1, 0.15) is 28.4 Å². The second-order valence-electron chi connectivity index (χ2n) is 4.78. The lowest BCUT2D eigenvalue weighted by atomic mass is 10.1. The van der Waals surface area contributed by atoms with Crippen LogP contribution in [0.25, 0.3) is 0 Å². The number of aromatic nitrogens is 1. The highest BCUT2D eigenvalue weighted by Gasteiger charge is 2.17. The molecular weight excluding hydrogens is 306 g/mol. The molecule has 1 aliphatic heterocycles. The van der Waals surface area contributed by atoms with Crippen LogP contribution in [0.15, 0.2) is 35.1 Å². The molecule has 0 bridgehead atoms. The van der Waals surface area contributed by atoms with E-state index in [9.17, 15) is 4.79 Å². The Labute approximate surface area is 120 Å². The van der Waals surface area contributed by atoms with E-state index in [0.29, 0.717) is 0 Å². The SMILES string of the molecule is CC(=O)c1ccn(Cc2cc(Br)cc3c2OCC3)c1. The molecule has 0 radical (unpaired) electrons. The van der Waals surface area contributed by atoms with Gasteiger partial charge in [-0.1, -0.05) is 15.9 Å². The van der Waals surface area contributed by atoms with Gasteiger partial charge < -0.3 is 9.30 Å². The summed E-state index contributed by atoms with van der Waals surface area (Å²) in [5, 5.41) is 0. The van der Waals surface area contributed by atoms with Crippen molar-refractivity contribution in [3.63, 3.8) is 0 Å². The van der Waals surface area contributed by atoms with E-state index in [4.69, 9.17) is 4.74 Å². The van der Waals surface area contributed by atoms with Crippen molar-refractivity contribution in [1.29, 1.82) is 0 Å². The molecule has 0 aliphatic carbocycles. The topological polar surface area (TPSA) is 31.2 Å². The highest BCUT2D eigenvalue weighted by atomic mass is 79.9. The Morgan fingerprint density at radius 1 is 1.47 bits per heavy atom. The van der Waals surface area contributed by atoms with Gasteiger partial charge in [0.2, 0.25) is 0 Å². The number of ketones is 1. The number of ether oxygens (including phenoxy) is 1. The maximum atomic E-state index is 11.3. The summed E-state index contributed by atoms with van der Waals surface area (Å²) in [7, 11) is 0. The average Bonchev–Trinajstić information content (AvgIpc) is 2.96. The Kier molecular flexibility index (Phi) is 3.19. The molecule has 4 heteroatoms. The van der Waals surface area contributed by atoms with Crippen LogP contribution < -0.4 is 4.74 Å². The maximum Gasteiger partial charge on any atom is 0.161 e. The lowest BCUT2D eigenvalue weighted by Crippen LogP contribution is -2.00. The molecule has 3 nitrogen and oxygen atoms in total. The molecular formula is C15H14BrNO2. The Morgan fingerprint density at radius 3 is 3.05 bits per heavy atom. The van der Waals surface area contributed by atoms with Crippen molar-refractivity contribution >= 4 is 21.7 Å². The zero-order valence-electron chi connectivity index (χ0n) is 10.6. The molecule has 0 unspecified atom stereocenters. The van der Waals surface area contributed by atoms with E-state index in [-0.39, 0.29) is 5.78 Å². The van der Waals surface area contributed by atoms with Crippen LogP contribution in [0.4, 0.5) is 0 Å². The largest absolute Gasteiger partial charge is 0.493 e. The minimum atomic E-state index is 0.0921. The van der Waals surface area contributed by atoms with E-state index in [0.717, 1.165) is 40.9 Å². The molecule has 1 aromatic heterocycles. The van der Waals surface area contributed by atoms with Gasteiger partial charge in [-0.3, -0.25) is 4.79 Å². The van der Waals surface area contributed by atoms with E-state index < -0.39 is 0 Å². The lowest BCUT2D eigenvalue weighted by Gasteiger charge is -2.10. The highest BCUT2D eigenvalue weighted by Crippen LogP contribution is 2.33. The van der Waals surface area contributed by atoms with Crippen molar-refractivity contribution in [3.8, 4) is 5.75 Å². The smallest absolute Gasteiger partial charge is 0.161 e. The molecule has 0 N–H and O–H groups in total. The number of Topliss-reactive ketones (excluding diaryl/α,β-unsaturated/α-hetero) is 1.